The summed E-state index contributed by atoms with van der Waals surface area (Å²) < 4.78 is 30.5. The molecule has 0 spiro atoms. The smallest absolute Gasteiger partial charge is 0.364 e. The number of ketones is 1. The van der Waals surface area contributed by atoms with Gasteiger partial charge in [-0.1, -0.05) is 41.9 Å². The van der Waals surface area contributed by atoms with E-state index in [-0.39, 0.29) is 28.0 Å². The van der Waals surface area contributed by atoms with E-state index in [0.29, 0.717) is 16.7 Å². The van der Waals surface area contributed by atoms with Crippen LogP contribution < -0.4 is 4.74 Å². The molecule has 0 bridgehead atoms. The molecule has 7 nitrogen and oxygen atoms in total. The number of carbonyl (C=O) groups excluding carboxylic acids is 2. The van der Waals surface area contributed by atoms with Gasteiger partial charge in [-0.2, -0.15) is 0 Å². The maximum Gasteiger partial charge on any atom is 0.364 e. The molecule has 0 atom stereocenters. The van der Waals surface area contributed by atoms with Crippen LogP contribution in [0.5, 0.6) is 5.75 Å². The highest BCUT2D eigenvalue weighted by Crippen LogP contribution is 2.22. The Morgan fingerprint density at radius 3 is 2.43 bits per heavy atom. The summed E-state index contributed by atoms with van der Waals surface area (Å²) in [5, 5.41) is -0.665. The number of sulfone groups is 1. The molecule has 0 saturated heterocycles. The Morgan fingerprint density at radius 1 is 1.10 bits per heavy atom. The van der Waals surface area contributed by atoms with Crippen LogP contribution in [0.25, 0.3) is 0 Å². The number of Topliss-reactive ketones (excluding diaryl/α,β-unsaturated/α-hetero) is 1. The average molecular weight is 445 g/mol. The molecular formula is C21H17ClN2O5S. The fourth-order valence-corrected chi connectivity index (χ4v) is 4.12. The summed E-state index contributed by atoms with van der Waals surface area (Å²) >= 11 is 6.00. The Morgan fingerprint density at radius 2 is 1.80 bits per heavy atom. The van der Waals surface area contributed by atoms with Gasteiger partial charge in [0, 0.05) is 5.56 Å². The minimum Gasteiger partial charge on any atom is -0.422 e. The fraction of sp³-hybridized carbons (Fsp3) is 0.143. The zero-order valence-corrected chi connectivity index (χ0v) is 17.7. The van der Waals surface area contributed by atoms with Crippen LogP contribution in [0.1, 0.15) is 38.9 Å². The predicted octanol–water partition coefficient (Wildman–Crippen LogP) is 3.83. The van der Waals surface area contributed by atoms with Crippen LogP contribution in [-0.2, 0) is 15.6 Å². The summed E-state index contributed by atoms with van der Waals surface area (Å²) in [7, 11) is -3.91. The van der Waals surface area contributed by atoms with Gasteiger partial charge >= 0.3 is 5.97 Å². The van der Waals surface area contributed by atoms with Crippen LogP contribution in [0, 0.1) is 6.92 Å². The Balaban J connectivity index is 1.87. The highest BCUT2D eigenvalue weighted by Gasteiger charge is 2.24. The van der Waals surface area contributed by atoms with Crippen LogP contribution in [0.15, 0.2) is 59.9 Å². The summed E-state index contributed by atoms with van der Waals surface area (Å²) in [5.74, 6) is -1.20. The number of aromatic nitrogens is 2. The molecule has 0 unspecified atom stereocenters. The Labute approximate surface area is 178 Å². The SMILES string of the molecule is CC(=O)c1ccc(OC(=O)c2nc(S(=O)(=O)Cc3ccccc3)ncc2Cl)cc1C. The van der Waals surface area contributed by atoms with Crippen LogP contribution >= 0.6 is 11.6 Å². The molecule has 30 heavy (non-hydrogen) atoms. The molecule has 0 aliphatic carbocycles. The highest BCUT2D eigenvalue weighted by molar-refractivity contribution is 7.90. The molecule has 2 aromatic carbocycles. The average Bonchev–Trinajstić information content (AvgIpc) is 2.68. The number of hydrogen-bond acceptors (Lipinski definition) is 7. The van der Waals surface area contributed by atoms with Crippen LogP contribution in [-0.4, -0.2) is 30.1 Å². The number of hydrogen-bond donors (Lipinski definition) is 0. The maximum atomic E-state index is 12.6. The summed E-state index contributed by atoms with van der Waals surface area (Å²) in [6.45, 7) is 3.14. The van der Waals surface area contributed by atoms with Gasteiger partial charge in [0.05, 0.1) is 17.0 Å². The number of carbonyl (C=O) groups is 2. The summed E-state index contributed by atoms with van der Waals surface area (Å²) in [5.41, 5.74) is 1.32. The third-order valence-electron chi connectivity index (χ3n) is 4.18. The van der Waals surface area contributed by atoms with Crippen molar-refractivity contribution in [3.63, 3.8) is 0 Å². The van der Waals surface area contributed by atoms with Crippen molar-refractivity contribution in [2.24, 2.45) is 0 Å². The summed E-state index contributed by atoms with van der Waals surface area (Å²) in [6, 6.07) is 13.1. The van der Waals surface area contributed by atoms with E-state index in [1.807, 2.05) is 0 Å². The van der Waals surface area contributed by atoms with Gasteiger partial charge in [-0.05, 0) is 43.2 Å². The zero-order valence-electron chi connectivity index (χ0n) is 16.1. The number of aryl methyl sites for hydroxylation is 1. The molecule has 0 fully saturated rings. The first-order chi connectivity index (χ1) is 14.2. The van der Waals surface area contributed by atoms with Crippen LogP contribution in [0.3, 0.4) is 0 Å². The van der Waals surface area contributed by atoms with E-state index in [9.17, 15) is 18.0 Å². The van der Waals surface area contributed by atoms with Crippen molar-refractivity contribution >= 4 is 33.2 Å². The lowest BCUT2D eigenvalue weighted by molar-refractivity contribution is 0.0727. The van der Waals surface area contributed by atoms with Gasteiger partial charge in [0.2, 0.25) is 15.0 Å². The zero-order chi connectivity index (χ0) is 21.9. The quantitative estimate of drug-likeness (QED) is 0.246. The van der Waals surface area contributed by atoms with E-state index in [1.165, 1.54) is 25.1 Å². The molecule has 0 saturated carbocycles. The largest absolute Gasteiger partial charge is 0.422 e. The molecule has 0 aliphatic rings. The standard InChI is InChI=1S/C21H17ClN2O5S/c1-13-10-16(8-9-17(13)14(2)25)29-20(26)19-18(22)11-23-21(24-19)30(27,28)12-15-6-4-3-5-7-15/h3-11H,12H2,1-2H3. The van der Waals surface area contributed by atoms with Crippen molar-refractivity contribution in [2.75, 3.05) is 0 Å². The molecule has 0 radical (unpaired) electrons. The third kappa shape index (κ3) is 4.90. The molecule has 0 N–H and O–H groups in total. The normalized spacial score (nSPS) is 11.2. The van der Waals surface area contributed by atoms with E-state index in [4.69, 9.17) is 16.3 Å². The molecule has 9 heteroatoms. The highest BCUT2D eigenvalue weighted by atomic mass is 35.5. The Kier molecular flexibility index (Phi) is 6.28. The molecule has 154 valence electrons. The van der Waals surface area contributed by atoms with Gasteiger partial charge in [0.1, 0.15) is 5.75 Å². The van der Waals surface area contributed by atoms with E-state index in [0.717, 1.165) is 6.20 Å². The lowest BCUT2D eigenvalue weighted by Crippen LogP contribution is -2.16. The Bertz CT molecular complexity index is 1230. The van der Waals surface area contributed by atoms with E-state index in [1.54, 1.807) is 37.3 Å². The number of esters is 1. The monoisotopic (exact) mass is 444 g/mol. The molecule has 0 amide bonds. The van der Waals surface area contributed by atoms with Crippen molar-refractivity contribution < 1.29 is 22.7 Å². The van der Waals surface area contributed by atoms with Crippen molar-refractivity contribution in [3.05, 3.63) is 82.1 Å². The van der Waals surface area contributed by atoms with E-state index in [2.05, 4.69) is 9.97 Å². The van der Waals surface area contributed by atoms with Crippen LogP contribution in [0.4, 0.5) is 0 Å². The van der Waals surface area contributed by atoms with Crippen molar-refractivity contribution in [1.82, 2.24) is 9.97 Å². The Hall–Kier alpha value is -3.10. The number of ether oxygens (including phenoxy) is 1. The second-order valence-electron chi connectivity index (χ2n) is 6.52. The number of nitrogens with zero attached hydrogens (tertiary/aromatic N) is 2. The molecule has 0 aliphatic heterocycles. The predicted molar refractivity (Wildman–Crippen MR) is 111 cm³/mol. The first kappa shape index (κ1) is 21.6. The minimum absolute atomic E-state index is 0.113. The van der Waals surface area contributed by atoms with Gasteiger partial charge < -0.3 is 4.74 Å². The lowest BCUT2D eigenvalue weighted by Gasteiger charge is -2.09. The van der Waals surface area contributed by atoms with Gasteiger partial charge in [0.25, 0.3) is 0 Å². The number of rotatable bonds is 6. The fourth-order valence-electron chi connectivity index (χ4n) is 2.75. The first-order valence-corrected chi connectivity index (χ1v) is 10.8. The van der Waals surface area contributed by atoms with Gasteiger partial charge in [0.15, 0.2) is 11.5 Å². The summed E-state index contributed by atoms with van der Waals surface area (Å²) in [6.07, 6.45) is 1.05. The van der Waals surface area contributed by atoms with E-state index >= 15 is 0 Å². The third-order valence-corrected chi connectivity index (χ3v) is 5.92. The van der Waals surface area contributed by atoms with Crippen LogP contribution in [0.2, 0.25) is 5.02 Å². The van der Waals surface area contributed by atoms with Crippen molar-refractivity contribution in [3.8, 4) is 5.75 Å². The molecule has 1 aromatic heterocycles. The topological polar surface area (TPSA) is 103 Å². The van der Waals surface area contributed by atoms with E-state index < -0.39 is 21.0 Å². The maximum absolute atomic E-state index is 12.6. The molecule has 1 heterocycles. The van der Waals surface area contributed by atoms with Gasteiger partial charge in [-0.3, -0.25) is 4.79 Å². The summed E-state index contributed by atoms with van der Waals surface area (Å²) in [4.78, 5) is 31.7. The second-order valence-corrected chi connectivity index (χ2v) is 8.81. The first-order valence-electron chi connectivity index (χ1n) is 8.80. The molecule has 3 aromatic rings. The second kappa shape index (κ2) is 8.73. The number of benzene rings is 2. The lowest BCUT2D eigenvalue weighted by atomic mass is 10.1. The van der Waals surface area contributed by atoms with Gasteiger partial charge in [-0.25, -0.2) is 23.2 Å². The minimum atomic E-state index is -3.91. The van der Waals surface area contributed by atoms with Crippen molar-refractivity contribution in [2.45, 2.75) is 24.8 Å². The van der Waals surface area contributed by atoms with Crippen molar-refractivity contribution in [1.29, 1.82) is 0 Å². The molecule has 3 rings (SSSR count). The number of halogens is 1. The van der Waals surface area contributed by atoms with Gasteiger partial charge in [-0.15, -0.1) is 0 Å². The molecular weight excluding hydrogens is 428 g/mol.